The summed E-state index contributed by atoms with van der Waals surface area (Å²) in [5.74, 6) is -1.29. The minimum atomic E-state index is -0.877. The van der Waals surface area contributed by atoms with Gasteiger partial charge in [0.2, 0.25) is 0 Å². The molecule has 0 saturated heterocycles. The first-order valence-corrected chi connectivity index (χ1v) is 8.12. The van der Waals surface area contributed by atoms with Crippen molar-refractivity contribution in [1.82, 2.24) is 15.1 Å². The Hall–Kier alpha value is -2.05. The molecule has 3 rings (SSSR count). The number of halogens is 2. The van der Waals surface area contributed by atoms with Gasteiger partial charge >= 0.3 is 5.97 Å². The second-order valence-electron chi connectivity index (χ2n) is 5.95. The predicted octanol–water partition coefficient (Wildman–Crippen LogP) is 3.08. The number of nitrogens with one attached hydrogen (secondary N) is 1. The molecule has 1 aromatic heterocycles. The topological polar surface area (TPSA) is 84.2 Å². The Balaban J connectivity index is 1.78. The zero-order chi connectivity index (χ0) is 17.5. The lowest BCUT2D eigenvalue weighted by Crippen LogP contribution is -2.34. The molecule has 1 amide bonds. The van der Waals surface area contributed by atoms with Crippen LogP contribution in [0.4, 0.5) is 0 Å². The number of hydrogen-bond donors (Lipinski definition) is 2. The number of benzene rings is 1. The van der Waals surface area contributed by atoms with Crippen molar-refractivity contribution in [2.75, 3.05) is 6.54 Å². The average molecular weight is 368 g/mol. The van der Waals surface area contributed by atoms with Crippen LogP contribution in [0.5, 0.6) is 0 Å². The fourth-order valence-corrected chi connectivity index (χ4v) is 2.93. The maximum absolute atomic E-state index is 12.2. The van der Waals surface area contributed by atoms with Crippen LogP contribution in [0.2, 0.25) is 10.0 Å². The van der Waals surface area contributed by atoms with Crippen LogP contribution in [-0.4, -0.2) is 33.3 Å². The van der Waals surface area contributed by atoms with Gasteiger partial charge in [0.15, 0.2) is 5.69 Å². The number of carboxylic acid groups (broad SMARTS) is 1. The lowest BCUT2D eigenvalue weighted by molar-refractivity contribution is -0.143. The van der Waals surface area contributed by atoms with Crippen LogP contribution in [0, 0.1) is 12.3 Å². The Morgan fingerprint density at radius 2 is 2.04 bits per heavy atom. The molecule has 0 atom stereocenters. The molecule has 1 heterocycles. The van der Waals surface area contributed by atoms with Crippen molar-refractivity contribution in [3.05, 3.63) is 45.7 Å². The monoisotopic (exact) mass is 367 g/mol. The van der Waals surface area contributed by atoms with Gasteiger partial charge in [-0.1, -0.05) is 23.2 Å². The largest absolute Gasteiger partial charge is 0.481 e. The number of carboxylic acids is 1. The number of nitrogens with zero attached hydrogens (tertiary/aromatic N) is 2. The van der Waals surface area contributed by atoms with Gasteiger partial charge in [-0.2, -0.15) is 5.10 Å². The van der Waals surface area contributed by atoms with E-state index >= 15 is 0 Å². The molecule has 8 heteroatoms. The number of carbonyl (C=O) groups excluding carboxylic acids is 1. The van der Waals surface area contributed by atoms with Gasteiger partial charge in [0.1, 0.15) is 0 Å². The maximum atomic E-state index is 12.2. The Labute approximate surface area is 148 Å². The second-order valence-corrected chi connectivity index (χ2v) is 6.79. The Kier molecular flexibility index (Phi) is 4.27. The molecule has 1 fully saturated rings. The molecule has 2 N–H and O–H groups in total. The lowest BCUT2D eigenvalue weighted by Gasteiger charge is -2.10. The highest BCUT2D eigenvalue weighted by Gasteiger charge is 2.50. The summed E-state index contributed by atoms with van der Waals surface area (Å²) in [5.41, 5.74) is 0.734. The third-order valence-electron chi connectivity index (χ3n) is 4.15. The van der Waals surface area contributed by atoms with Crippen molar-refractivity contribution in [2.24, 2.45) is 5.41 Å². The molecule has 1 aliphatic carbocycles. The molecular formula is C16H15Cl2N3O3. The Morgan fingerprint density at radius 1 is 1.33 bits per heavy atom. The number of aliphatic carboxylic acids is 1. The summed E-state index contributed by atoms with van der Waals surface area (Å²) in [7, 11) is 0. The molecule has 24 heavy (non-hydrogen) atoms. The smallest absolute Gasteiger partial charge is 0.311 e. The van der Waals surface area contributed by atoms with E-state index in [1.165, 1.54) is 0 Å². The quantitative estimate of drug-likeness (QED) is 0.850. The van der Waals surface area contributed by atoms with Gasteiger partial charge in [0, 0.05) is 17.3 Å². The SMILES string of the molecule is Cc1cc(C(=O)NCC2(C(=O)O)CC2)nn1-c1ccc(Cl)cc1Cl. The minimum absolute atomic E-state index is 0.106. The van der Waals surface area contributed by atoms with Gasteiger partial charge in [0.05, 0.1) is 16.1 Å². The highest BCUT2D eigenvalue weighted by molar-refractivity contribution is 6.35. The van der Waals surface area contributed by atoms with Gasteiger partial charge in [-0.3, -0.25) is 9.59 Å². The minimum Gasteiger partial charge on any atom is -0.481 e. The lowest BCUT2D eigenvalue weighted by atomic mass is 10.1. The van der Waals surface area contributed by atoms with Gasteiger partial charge in [-0.25, -0.2) is 4.68 Å². The molecule has 1 saturated carbocycles. The van der Waals surface area contributed by atoms with Crippen LogP contribution >= 0.6 is 23.2 Å². The van der Waals surface area contributed by atoms with Crippen molar-refractivity contribution < 1.29 is 14.7 Å². The summed E-state index contributed by atoms with van der Waals surface area (Å²) >= 11 is 12.1. The second kappa shape index (κ2) is 6.11. The zero-order valence-corrected chi connectivity index (χ0v) is 14.4. The fourth-order valence-electron chi connectivity index (χ4n) is 2.44. The van der Waals surface area contributed by atoms with Crippen molar-refractivity contribution in [3.8, 4) is 5.69 Å². The van der Waals surface area contributed by atoms with Crippen molar-refractivity contribution in [3.63, 3.8) is 0 Å². The summed E-state index contributed by atoms with van der Waals surface area (Å²) < 4.78 is 1.55. The first kappa shape index (κ1) is 16.8. The summed E-state index contributed by atoms with van der Waals surface area (Å²) in [6.07, 6.45) is 1.16. The third-order valence-corrected chi connectivity index (χ3v) is 4.69. The van der Waals surface area contributed by atoms with E-state index in [0.29, 0.717) is 28.6 Å². The number of carbonyl (C=O) groups is 2. The van der Waals surface area contributed by atoms with Crippen molar-refractivity contribution in [2.45, 2.75) is 19.8 Å². The van der Waals surface area contributed by atoms with Crippen LogP contribution in [0.3, 0.4) is 0 Å². The van der Waals surface area contributed by atoms with Gasteiger partial charge in [0.25, 0.3) is 5.91 Å². The summed E-state index contributed by atoms with van der Waals surface area (Å²) in [5, 5.41) is 17.0. The molecule has 1 aliphatic rings. The summed E-state index contributed by atoms with van der Waals surface area (Å²) in [4.78, 5) is 23.4. The van der Waals surface area contributed by atoms with E-state index in [1.54, 1.807) is 35.9 Å². The van der Waals surface area contributed by atoms with Crippen LogP contribution in [-0.2, 0) is 4.79 Å². The highest BCUT2D eigenvalue weighted by atomic mass is 35.5. The Bertz CT molecular complexity index is 828. The van der Waals surface area contributed by atoms with Crippen molar-refractivity contribution in [1.29, 1.82) is 0 Å². The number of aromatic nitrogens is 2. The summed E-state index contributed by atoms with van der Waals surface area (Å²) in [6.45, 7) is 1.91. The zero-order valence-electron chi connectivity index (χ0n) is 12.8. The van der Waals surface area contributed by atoms with Crippen LogP contribution in [0.1, 0.15) is 29.0 Å². The third kappa shape index (κ3) is 3.12. The first-order valence-electron chi connectivity index (χ1n) is 7.36. The fraction of sp³-hybridized carbons (Fsp3) is 0.312. The number of rotatable bonds is 5. The first-order chi connectivity index (χ1) is 11.3. The molecule has 0 aliphatic heterocycles. The normalized spacial score (nSPS) is 15.1. The van der Waals surface area contributed by atoms with E-state index < -0.39 is 17.3 Å². The number of amides is 1. The molecule has 2 aromatic rings. The molecule has 1 aromatic carbocycles. The van der Waals surface area contributed by atoms with E-state index in [4.69, 9.17) is 28.3 Å². The highest BCUT2D eigenvalue weighted by Crippen LogP contribution is 2.45. The molecule has 6 nitrogen and oxygen atoms in total. The molecule has 0 radical (unpaired) electrons. The van der Waals surface area contributed by atoms with E-state index in [1.807, 2.05) is 0 Å². The van der Waals surface area contributed by atoms with Crippen molar-refractivity contribution >= 4 is 35.1 Å². The van der Waals surface area contributed by atoms with Gasteiger partial charge in [-0.15, -0.1) is 0 Å². The molecule has 126 valence electrons. The maximum Gasteiger partial charge on any atom is 0.311 e. The van der Waals surface area contributed by atoms with E-state index in [9.17, 15) is 9.59 Å². The predicted molar refractivity (Wildman–Crippen MR) is 90.0 cm³/mol. The number of hydrogen-bond acceptors (Lipinski definition) is 3. The summed E-state index contributed by atoms with van der Waals surface area (Å²) in [6, 6.07) is 6.63. The van der Waals surface area contributed by atoms with Crippen LogP contribution in [0.25, 0.3) is 5.69 Å². The molecule has 0 unspecified atom stereocenters. The number of aryl methyl sites for hydroxylation is 1. The molecular weight excluding hydrogens is 353 g/mol. The molecule has 0 spiro atoms. The van der Waals surface area contributed by atoms with Gasteiger partial charge in [-0.05, 0) is 44.0 Å². The van der Waals surface area contributed by atoms with Gasteiger partial charge < -0.3 is 10.4 Å². The molecule has 0 bridgehead atoms. The van der Waals surface area contributed by atoms with E-state index in [2.05, 4.69) is 10.4 Å². The van der Waals surface area contributed by atoms with Crippen LogP contribution in [0.15, 0.2) is 24.3 Å². The van der Waals surface area contributed by atoms with Crippen LogP contribution < -0.4 is 5.32 Å². The standard InChI is InChI=1S/C16H15Cl2N3O3/c1-9-6-12(14(22)19-8-16(4-5-16)15(23)24)20-21(9)13-3-2-10(17)7-11(13)18/h2-3,6-7H,4-5,8H2,1H3,(H,19,22)(H,23,24). The van der Waals surface area contributed by atoms with E-state index in [0.717, 1.165) is 5.69 Å². The average Bonchev–Trinajstić information content (AvgIpc) is 3.22. The Morgan fingerprint density at radius 3 is 2.62 bits per heavy atom. The van der Waals surface area contributed by atoms with E-state index in [-0.39, 0.29) is 12.2 Å².